The SMILES string of the molecule is CCCCC(CC)C(=O)c1cc(CCl)c(CCl)s1. The van der Waals surface area contributed by atoms with Crippen LogP contribution in [0.25, 0.3) is 0 Å². The van der Waals surface area contributed by atoms with E-state index in [0.29, 0.717) is 11.8 Å². The largest absolute Gasteiger partial charge is 0.293 e. The Hall–Kier alpha value is -0.0500. The molecule has 102 valence electrons. The van der Waals surface area contributed by atoms with Crippen molar-refractivity contribution in [1.82, 2.24) is 0 Å². The molecule has 18 heavy (non-hydrogen) atoms. The van der Waals surface area contributed by atoms with Crippen molar-refractivity contribution in [2.75, 3.05) is 0 Å². The van der Waals surface area contributed by atoms with Crippen LogP contribution < -0.4 is 0 Å². The lowest BCUT2D eigenvalue weighted by molar-refractivity contribution is 0.0912. The Balaban J connectivity index is 2.84. The second-order valence-corrected chi connectivity index (χ2v) is 6.11. The summed E-state index contributed by atoms with van der Waals surface area (Å²) in [7, 11) is 0. The van der Waals surface area contributed by atoms with E-state index < -0.39 is 0 Å². The fourth-order valence-electron chi connectivity index (χ4n) is 1.99. The summed E-state index contributed by atoms with van der Waals surface area (Å²) in [4.78, 5) is 14.3. The molecule has 0 spiro atoms. The van der Waals surface area contributed by atoms with Gasteiger partial charge in [0.15, 0.2) is 5.78 Å². The molecule has 0 amide bonds. The zero-order valence-electron chi connectivity index (χ0n) is 11.0. The lowest BCUT2D eigenvalue weighted by Crippen LogP contribution is -2.12. The minimum Gasteiger partial charge on any atom is -0.293 e. The summed E-state index contributed by atoms with van der Waals surface area (Å²) in [5.74, 6) is 1.28. The van der Waals surface area contributed by atoms with Crippen LogP contribution in [-0.2, 0) is 11.8 Å². The van der Waals surface area contributed by atoms with Gasteiger partial charge in [0.05, 0.1) is 10.8 Å². The van der Waals surface area contributed by atoms with Crippen molar-refractivity contribution in [3.63, 3.8) is 0 Å². The zero-order valence-corrected chi connectivity index (χ0v) is 13.3. The lowest BCUT2D eigenvalue weighted by atomic mass is 9.94. The van der Waals surface area contributed by atoms with Crippen molar-refractivity contribution in [1.29, 1.82) is 0 Å². The first-order chi connectivity index (χ1) is 8.67. The molecule has 0 aliphatic rings. The Bertz CT molecular complexity index is 366. The van der Waals surface area contributed by atoms with Gasteiger partial charge in [0.2, 0.25) is 0 Å². The predicted molar refractivity (Wildman–Crippen MR) is 81.1 cm³/mol. The monoisotopic (exact) mass is 306 g/mol. The second-order valence-electron chi connectivity index (χ2n) is 4.44. The molecule has 0 N–H and O–H groups in total. The molecule has 1 heterocycles. The maximum atomic E-state index is 12.4. The Kier molecular flexibility index (Phi) is 7.28. The maximum absolute atomic E-state index is 12.4. The second kappa shape index (κ2) is 8.19. The van der Waals surface area contributed by atoms with Crippen molar-refractivity contribution in [2.45, 2.75) is 51.3 Å². The Labute approximate surface area is 123 Å². The number of hydrogen-bond acceptors (Lipinski definition) is 2. The average molecular weight is 307 g/mol. The van der Waals surface area contributed by atoms with E-state index in [1.807, 2.05) is 6.07 Å². The summed E-state index contributed by atoms with van der Waals surface area (Å²) in [6.45, 7) is 4.23. The number of rotatable bonds is 8. The molecule has 1 rings (SSSR count). The zero-order chi connectivity index (χ0) is 13.5. The van der Waals surface area contributed by atoms with Gasteiger partial charge in [-0.05, 0) is 24.5 Å². The fourth-order valence-corrected chi connectivity index (χ4v) is 3.69. The number of unbranched alkanes of at least 4 members (excludes halogenated alkanes) is 1. The highest BCUT2D eigenvalue weighted by atomic mass is 35.5. The molecule has 0 aliphatic heterocycles. The van der Waals surface area contributed by atoms with E-state index in [2.05, 4.69) is 13.8 Å². The molecule has 1 atom stereocenters. The first kappa shape index (κ1) is 16.0. The van der Waals surface area contributed by atoms with Crippen LogP contribution in [0.4, 0.5) is 0 Å². The highest BCUT2D eigenvalue weighted by molar-refractivity contribution is 7.14. The van der Waals surface area contributed by atoms with E-state index in [1.54, 1.807) is 0 Å². The first-order valence-electron chi connectivity index (χ1n) is 6.45. The molecule has 4 heteroatoms. The number of hydrogen-bond donors (Lipinski definition) is 0. The lowest BCUT2D eigenvalue weighted by Gasteiger charge is -2.11. The van der Waals surface area contributed by atoms with Crippen molar-refractivity contribution < 1.29 is 4.79 Å². The van der Waals surface area contributed by atoms with Gasteiger partial charge in [-0.3, -0.25) is 4.79 Å². The molecule has 0 aliphatic carbocycles. The van der Waals surface area contributed by atoms with Gasteiger partial charge in [-0.25, -0.2) is 0 Å². The summed E-state index contributed by atoms with van der Waals surface area (Å²) in [6.07, 6.45) is 4.13. The van der Waals surface area contributed by atoms with Gasteiger partial charge in [-0.2, -0.15) is 0 Å². The van der Waals surface area contributed by atoms with Gasteiger partial charge < -0.3 is 0 Å². The van der Waals surface area contributed by atoms with E-state index in [9.17, 15) is 4.79 Å². The van der Waals surface area contributed by atoms with Crippen molar-refractivity contribution in [3.8, 4) is 0 Å². The smallest absolute Gasteiger partial charge is 0.175 e. The number of Topliss-reactive ketones (excluding diaryl/α,β-unsaturated/α-hetero) is 1. The molecule has 1 unspecified atom stereocenters. The number of carbonyl (C=O) groups is 1. The third kappa shape index (κ3) is 3.97. The van der Waals surface area contributed by atoms with Crippen LogP contribution in [0.1, 0.15) is 59.6 Å². The van der Waals surface area contributed by atoms with Gasteiger partial charge in [0.1, 0.15) is 0 Å². The van der Waals surface area contributed by atoms with Crippen LogP contribution in [0.3, 0.4) is 0 Å². The minimum atomic E-state index is 0.148. The predicted octanol–water partition coefficient (Wildman–Crippen LogP) is 5.62. The molecule has 1 aromatic heterocycles. The van der Waals surface area contributed by atoms with E-state index in [0.717, 1.165) is 41.0 Å². The Morgan fingerprint density at radius 2 is 2.06 bits per heavy atom. The normalized spacial score (nSPS) is 12.7. The van der Waals surface area contributed by atoms with Gasteiger partial charge in [0, 0.05) is 16.7 Å². The van der Waals surface area contributed by atoms with E-state index in [-0.39, 0.29) is 11.7 Å². The molecule has 0 bridgehead atoms. The highest BCUT2D eigenvalue weighted by Crippen LogP contribution is 2.29. The first-order valence-corrected chi connectivity index (χ1v) is 8.34. The van der Waals surface area contributed by atoms with Crippen LogP contribution in [0, 0.1) is 5.92 Å². The molecular formula is C14H20Cl2OS. The van der Waals surface area contributed by atoms with Crippen molar-refractivity contribution in [3.05, 3.63) is 21.4 Å². The molecule has 0 saturated heterocycles. The van der Waals surface area contributed by atoms with E-state index in [4.69, 9.17) is 23.2 Å². The molecule has 1 aromatic rings. The minimum absolute atomic E-state index is 0.148. The van der Waals surface area contributed by atoms with Gasteiger partial charge in [-0.15, -0.1) is 34.5 Å². The number of carbonyl (C=O) groups excluding carboxylic acids is 1. The number of ketones is 1. The number of alkyl halides is 2. The van der Waals surface area contributed by atoms with Gasteiger partial charge in [0.25, 0.3) is 0 Å². The van der Waals surface area contributed by atoms with Crippen LogP contribution in [0.2, 0.25) is 0 Å². The van der Waals surface area contributed by atoms with Crippen LogP contribution in [-0.4, -0.2) is 5.78 Å². The summed E-state index contributed by atoms with van der Waals surface area (Å²) in [5, 5.41) is 0. The molecule has 0 saturated carbocycles. The van der Waals surface area contributed by atoms with Crippen LogP contribution in [0.15, 0.2) is 6.07 Å². The topological polar surface area (TPSA) is 17.1 Å². The Morgan fingerprint density at radius 3 is 2.50 bits per heavy atom. The fraction of sp³-hybridized carbons (Fsp3) is 0.643. The van der Waals surface area contributed by atoms with Gasteiger partial charge in [-0.1, -0.05) is 26.7 Å². The molecule has 0 fully saturated rings. The van der Waals surface area contributed by atoms with Crippen LogP contribution >= 0.6 is 34.5 Å². The molecule has 1 nitrogen and oxygen atoms in total. The van der Waals surface area contributed by atoms with E-state index in [1.165, 1.54) is 11.3 Å². The third-order valence-electron chi connectivity index (χ3n) is 3.17. The molecule has 0 aromatic carbocycles. The number of thiophene rings is 1. The highest BCUT2D eigenvalue weighted by Gasteiger charge is 2.21. The Morgan fingerprint density at radius 1 is 1.33 bits per heavy atom. The maximum Gasteiger partial charge on any atom is 0.175 e. The standard InChI is InChI=1S/C14H20Cl2OS/c1-3-5-6-10(4-2)14(17)12-7-11(8-15)13(9-16)18-12/h7,10H,3-6,8-9H2,1-2H3. The summed E-state index contributed by atoms with van der Waals surface area (Å²) >= 11 is 13.2. The summed E-state index contributed by atoms with van der Waals surface area (Å²) < 4.78 is 0. The summed E-state index contributed by atoms with van der Waals surface area (Å²) in [6, 6.07) is 1.92. The summed E-state index contributed by atoms with van der Waals surface area (Å²) in [5.41, 5.74) is 1.00. The van der Waals surface area contributed by atoms with Crippen LogP contribution in [0.5, 0.6) is 0 Å². The molecule has 0 radical (unpaired) electrons. The van der Waals surface area contributed by atoms with E-state index >= 15 is 0 Å². The number of halogens is 2. The van der Waals surface area contributed by atoms with Gasteiger partial charge >= 0.3 is 0 Å². The third-order valence-corrected chi connectivity index (χ3v) is 5.08. The quantitative estimate of drug-likeness (QED) is 0.449. The van der Waals surface area contributed by atoms with Crippen molar-refractivity contribution >= 4 is 40.3 Å². The molecular weight excluding hydrogens is 287 g/mol. The van der Waals surface area contributed by atoms with Crippen molar-refractivity contribution in [2.24, 2.45) is 5.92 Å². The average Bonchev–Trinajstić information content (AvgIpc) is 2.82.